The van der Waals surface area contributed by atoms with Gasteiger partial charge in [0.2, 0.25) is 0 Å². The molecule has 2 aliphatic heterocycles. The number of hydrogen-bond acceptors (Lipinski definition) is 5. The Balaban J connectivity index is 1.44. The molecule has 198 valence electrons. The van der Waals surface area contributed by atoms with Crippen LogP contribution in [0.25, 0.3) is 11.1 Å². The van der Waals surface area contributed by atoms with Crippen LogP contribution in [0.15, 0.2) is 47.6 Å². The molecule has 3 atom stereocenters. The highest BCUT2D eigenvalue weighted by atomic mass is 32.2. The zero-order valence-electron chi connectivity index (χ0n) is 21.9. The molecule has 7 nitrogen and oxygen atoms in total. The van der Waals surface area contributed by atoms with Gasteiger partial charge in [0, 0.05) is 38.1 Å². The summed E-state index contributed by atoms with van der Waals surface area (Å²) in [4.78, 5) is 6.46. The molecule has 1 aromatic heterocycles. The van der Waals surface area contributed by atoms with Crippen LogP contribution in [-0.4, -0.2) is 70.6 Å². The zero-order valence-corrected chi connectivity index (χ0v) is 22.7. The highest BCUT2D eigenvalue weighted by molar-refractivity contribution is 7.89. The van der Waals surface area contributed by atoms with Crippen LogP contribution in [0.5, 0.6) is 0 Å². The SMILES string of the molecule is Cc1c(F)ccc(-c2ccc([C@@H]3[C@@H](CO)N4CCCCN(S(=O)(=O)c5cnc(C)n5C)C[C@@H]34)cc2)c1C. The zero-order chi connectivity index (χ0) is 26.5. The van der Waals surface area contributed by atoms with E-state index in [-0.39, 0.29) is 35.5 Å². The first kappa shape index (κ1) is 26.0. The number of sulfonamides is 1. The molecule has 5 rings (SSSR count). The maximum Gasteiger partial charge on any atom is 0.260 e. The summed E-state index contributed by atoms with van der Waals surface area (Å²) < 4.78 is 44.4. The third-order valence-electron chi connectivity index (χ3n) is 8.44. The second kappa shape index (κ2) is 9.94. The van der Waals surface area contributed by atoms with Gasteiger partial charge in [-0.15, -0.1) is 0 Å². The van der Waals surface area contributed by atoms with Gasteiger partial charge in [0.1, 0.15) is 11.6 Å². The number of halogens is 1. The fraction of sp³-hybridized carbons (Fsp3) is 0.464. The van der Waals surface area contributed by atoms with E-state index in [1.807, 2.05) is 25.1 Å². The average molecular weight is 527 g/mol. The Morgan fingerprint density at radius 3 is 2.38 bits per heavy atom. The molecule has 3 heterocycles. The topological polar surface area (TPSA) is 78.7 Å². The lowest BCUT2D eigenvalue weighted by Crippen LogP contribution is -2.67. The Hall–Kier alpha value is -2.59. The minimum atomic E-state index is -3.70. The number of aryl methyl sites for hydroxylation is 1. The molecule has 0 bridgehead atoms. The van der Waals surface area contributed by atoms with Gasteiger partial charge in [-0.25, -0.2) is 17.8 Å². The number of aromatic nitrogens is 2. The normalized spacial score (nSPS) is 23.2. The third kappa shape index (κ3) is 4.41. The molecular formula is C28H35FN4O3S. The van der Waals surface area contributed by atoms with E-state index in [0.717, 1.165) is 41.6 Å². The van der Waals surface area contributed by atoms with Gasteiger partial charge in [-0.1, -0.05) is 30.3 Å². The summed E-state index contributed by atoms with van der Waals surface area (Å²) in [6, 6.07) is 11.5. The van der Waals surface area contributed by atoms with Crippen LogP contribution in [0, 0.1) is 26.6 Å². The summed E-state index contributed by atoms with van der Waals surface area (Å²) in [6.07, 6.45) is 3.08. The van der Waals surface area contributed by atoms with E-state index in [2.05, 4.69) is 22.0 Å². The van der Waals surface area contributed by atoms with E-state index in [1.54, 1.807) is 29.8 Å². The number of fused-ring (bicyclic) bond motifs is 1. The number of benzene rings is 2. The van der Waals surface area contributed by atoms with Gasteiger partial charge >= 0.3 is 0 Å². The third-order valence-corrected chi connectivity index (χ3v) is 10.4. The maximum atomic E-state index is 14.0. The standard InChI is InChI=1S/C28H35FN4O3S/c1-18-19(2)24(29)12-11-23(18)21-7-9-22(10-8-21)28-25-16-32(13-5-6-14-33(25)26(28)17-34)37(35,36)27-15-30-20(3)31(27)4/h7-12,15,25-26,28,34H,5-6,13-14,16-17H2,1-4H3/t25-,26+,28-/m0/s1. The number of hydrogen-bond donors (Lipinski definition) is 1. The van der Waals surface area contributed by atoms with Crippen LogP contribution in [-0.2, 0) is 17.1 Å². The van der Waals surface area contributed by atoms with Crippen molar-refractivity contribution in [3.8, 4) is 11.1 Å². The van der Waals surface area contributed by atoms with Gasteiger partial charge in [0.15, 0.2) is 5.03 Å². The van der Waals surface area contributed by atoms with E-state index in [0.29, 0.717) is 24.5 Å². The van der Waals surface area contributed by atoms with Crippen molar-refractivity contribution in [2.45, 2.75) is 56.6 Å². The predicted octanol–water partition coefficient (Wildman–Crippen LogP) is 3.76. The van der Waals surface area contributed by atoms with E-state index in [4.69, 9.17) is 0 Å². The molecule has 0 unspecified atom stereocenters. The van der Waals surface area contributed by atoms with E-state index >= 15 is 0 Å². The largest absolute Gasteiger partial charge is 0.395 e. The Morgan fingerprint density at radius 2 is 1.73 bits per heavy atom. The smallest absolute Gasteiger partial charge is 0.260 e. The number of imidazole rings is 1. The number of rotatable bonds is 5. The Morgan fingerprint density at radius 1 is 1.03 bits per heavy atom. The van der Waals surface area contributed by atoms with E-state index < -0.39 is 10.0 Å². The van der Waals surface area contributed by atoms with Crippen molar-refractivity contribution in [3.05, 3.63) is 70.9 Å². The lowest BCUT2D eigenvalue weighted by atomic mass is 9.74. The van der Waals surface area contributed by atoms with Gasteiger partial charge in [-0.3, -0.25) is 4.90 Å². The molecule has 0 amide bonds. The monoisotopic (exact) mass is 526 g/mol. The molecule has 2 aromatic carbocycles. The quantitative estimate of drug-likeness (QED) is 0.548. The van der Waals surface area contributed by atoms with Gasteiger partial charge in [-0.2, -0.15) is 4.31 Å². The van der Waals surface area contributed by atoms with Crippen LogP contribution in [0.2, 0.25) is 0 Å². The van der Waals surface area contributed by atoms with Crippen molar-refractivity contribution in [2.24, 2.45) is 7.05 Å². The summed E-state index contributed by atoms with van der Waals surface area (Å²) in [5.74, 6) is 0.461. The number of aliphatic hydroxyl groups excluding tert-OH is 1. The van der Waals surface area contributed by atoms with Crippen molar-refractivity contribution in [3.63, 3.8) is 0 Å². The van der Waals surface area contributed by atoms with Gasteiger partial charge < -0.3 is 9.67 Å². The second-order valence-corrected chi connectivity index (χ2v) is 12.2. The number of nitrogens with zero attached hydrogens (tertiary/aromatic N) is 4. The minimum absolute atomic E-state index is 0.0131. The maximum absolute atomic E-state index is 14.0. The highest BCUT2D eigenvalue weighted by Gasteiger charge is 2.50. The number of aliphatic hydroxyl groups is 1. The summed E-state index contributed by atoms with van der Waals surface area (Å²) in [6.45, 7) is 7.21. The van der Waals surface area contributed by atoms with E-state index in [9.17, 15) is 17.9 Å². The fourth-order valence-corrected chi connectivity index (χ4v) is 7.61. The molecular weight excluding hydrogens is 491 g/mol. The van der Waals surface area contributed by atoms with Crippen molar-refractivity contribution >= 4 is 10.0 Å². The van der Waals surface area contributed by atoms with Crippen molar-refractivity contribution in [1.29, 1.82) is 0 Å². The van der Waals surface area contributed by atoms with Crippen LogP contribution in [0.4, 0.5) is 4.39 Å². The summed E-state index contributed by atoms with van der Waals surface area (Å²) in [5.41, 5.74) is 4.65. The lowest BCUT2D eigenvalue weighted by molar-refractivity contribution is -0.0554. The van der Waals surface area contributed by atoms with Crippen LogP contribution >= 0.6 is 0 Å². The van der Waals surface area contributed by atoms with Crippen LogP contribution in [0.1, 0.15) is 41.3 Å². The molecule has 0 radical (unpaired) electrons. The van der Waals surface area contributed by atoms with Crippen LogP contribution in [0.3, 0.4) is 0 Å². The molecule has 37 heavy (non-hydrogen) atoms. The van der Waals surface area contributed by atoms with Gasteiger partial charge in [0.25, 0.3) is 10.0 Å². The molecule has 0 saturated carbocycles. The van der Waals surface area contributed by atoms with E-state index in [1.165, 1.54) is 12.3 Å². The Kier molecular flexibility index (Phi) is 7.00. The first-order valence-corrected chi connectivity index (χ1v) is 14.3. The second-order valence-electron chi connectivity index (χ2n) is 10.3. The molecule has 3 aromatic rings. The van der Waals surface area contributed by atoms with Crippen molar-refractivity contribution in [1.82, 2.24) is 18.8 Å². The molecule has 0 spiro atoms. The summed E-state index contributed by atoms with van der Waals surface area (Å²) in [7, 11) is -1.98. The Labute approximate surface area is 218 Å². The minimum Gasteiger partial charge on any atom is -0.395 e. The molecule has 2 saturated heterocycles. The highest BCUT2D eigenvalue weighted by Crippen LogP contribution is 2.43. The van der Waals surface area contributed by atoms with Gasteiger partial charge in [-0.05, 0) is 74.0 Å². The Bertz CT molecular complexity index is 1400. The van der Waals surface area contributed by atoms with Crippen molar-refractivity contribution in [2.75, 3.05) is 26.2 Å². The first-order valence-electron chi connectivity index (χ1n) is 12.9. The molecule has 0 aliphatic carbocycles. The van der Waals surface area contributed by atoms with Crippen LogP contribution < -0.4 is 0 Å². The summed E-state index contributed by atoms with van der Waals surface area (Å²) >= 11 is 0. The fourth-order valence-electron chi connectivity index (χ4n) is 5.97. The first-order chi connectivity index (χ1) is 17.6. The molecule has 2 fully saturated rings. The van der Waals surface area contributed by atoms with Gasteiger partial charge in [0.05, 0.1) is 12.8 Å². The summed E-state index contributed by atoms with van der Waals surface area (Å²) in [5, 5.41) is 10.5. The van der Waals surface area contributed by atoms with Crippen molar-refractivity contribution < 1.29 is 17.9 Å². The predicted molar refractivity (Wildman–Crippen MR) is 141 cm³/mol. The molecule has 2 aliphatic rings. The molecule has 1 N–H and O–H groups in total. The molecule has 9 heteroatoms. The average Bonchev–Trinajstić information content (AvgIpc) is 3.20. The lowest BCUT2D eigenvalue weighted by Gasteiger charge is -2.57.